The first-order valence-electron chi connectivity index (χ1n) is 5.53. The molecule has 1 amide bonds. The molecule has 2 heterocycles. The van der Waals surface area contributed by atoms with Gasteiger partial charge in [-0.3, -0.25) is 4.79 Å². The Balaban J connectivity index is 1.90. The van der Waals surface area contributed by atoms with Crippen LogP contribution in [-0.4, -0.2) is 41.9 Å². The number of nitrogens with one attached hydrogen (secondary N) is 1. The molecule has 94 valence electrons. The molecule has 3 N–H and O–H groups in total. The van der Waals surface area contributed by atoms with Crippen LogP contribution in [0.1, 0.15) is 12.8 Å². The first-order chi connectivity index (χ1) is 8.22. The van der Waals surface area contributed by atoms with Crippen LogP contribution in [0.4, 0.5) is 10.8 Å². The van der Waals surface area contributed by atoms with Crippen molar-refractivity contribution in [2.24, 2.45) is 0 Å². The zero-order valence-corrected chi connectivity index (χ0v) is 10.5. The van der Waals surface area contributed by atoms with Crippen LogP contribution in [0, 0.1) is 0 Å². The molecule has 1 aromatic heterocycles. The van der Waals surface area contributed by atoms with Crippen LogP contribution in [0.15, 0.2) is 0 Å². The molecule has 0 spiro atoms. The Bertz CT molecular complexity index is 401. The number of nitrogen functional groups attached to an aromatic ring is 1. The Morgan fingerprint density at radius 1 is 1.59 bits per heavy atom. The van der Waals surface area contributed by atoms with E-state index in [1.807, 2.05) is 4.90 Å². The summed E-state index contributed by atoms with van der Waals surface area (Å²) in [5, 5.41) is 3.73. The van der Waals surface area contributed by atoms with E-state index < -0.39 is 0 Å². The van der Waals surface area contributed by atoms with Gasteiger partial charge in [-0.05, 0) is 24.4 Å². The van der Waals surface area contributed by atoms with Crippen molar-refractivity contribution in [1.29, 1.82) is 0 Å². The molecule has 1 aliphatic heterocycles. The topological polar surface area (TPSA) is 80.5 Å². The second-order valence-corrected chi connectivity index (χ2v) is 4.65. The monoisotopic (exact) mass is 256 g/mol. The van der Waals surface area contributed by atoms with Gasteiger partial charge in [0.2, 0.25) is 5.91 Å². The van der Waals surface area contributed by atoms with E-state index in [9.17, 15) is 4.79 Å². The molecule has 0 unspecified atom stereocenters. The van der Waals surface area contributed by atoms with Gasteiger partial charge in [-0.2, -0.15) is 4.37 Å². The molecule has 0 radical (unpaired) electrons. The highest BCUT2D eigenvalue weighted by molar-refractivity contribution is 7.11. The highest BCUT2D eigenvalue weighted by Gasteiger charge is 2.19. The van der Waals surface area contributed by atoms with E-state index in [-0.39, 0.29) is 12.5 Å². The number of carbonyl (C=O) groups excluding carboxylic acids is 1. The summed E-state index contributed by atoms with van der Waals surface area (Å²) in [6, 6.07) is 0. The number of hydrogen-bond donors (Lipinski definition) is 2. The van der Waals surface area contributed by atoms with Gasteiger partial charge in [0.05, 0.1) is 13.7 Å². The molecule has 0 aromatic carbocycles. The molecule has 1 aliphatic rings. The predicted octanol–water partition coefficient (Wildman–Crippen LogP) is 0.768. The van der Waals surface area contributed by atoms with Crippen molar-refractivity contribution in [3.63, 3.8) is 0 Å². The maximum atomic E-state index is 11.8. The molecular formula is C10H16N4O2S. The van der Waals surface area contributed by atoms with Gasteiger partial charge in [0.1, 0.15) is 0 Å². The lowest BCUT2D eigenvalue weighted by molar-refractivity contribution is -0.128. The number of aromatic nitrogens is 1. The fraction of sp³-hybridized carbons (Fsp3) is 0.600. The van der Waals surface area contributed by atoms with E-state index in [1.54, 1.807) is 0 Å². The lowest BCUT2D eigenvalue weighted by atomic mass is 10.4. The van der Waals surface area contributed by atoms with Crippen molar-refractivity contribution in [2.45, 2.75) is 12.8 Å². The minimum Gasteiger partial charge on any atom is -0.490 e. The quantitative estimate of drug-likeness (QED) is 0.831. The Morgan fingerprint density at radius 2 is 2.29 bits per heavy atom. The summed E-state index contributed by atoms with van der Waals surface area (Å²) in [4.78, 5) is 13.7. The van der Waals surface area contributed by atoms with E-state index in [0.29, 0.717) is 16.6 Å². The van der Waals surface area contributed by atoms with Gasteiger partial charge in [0.25, 0.3) is 0 Å². The standard InChI is InChI=1S/C10H16N4O2S/c1-16-8-9(11)13-17-10(8)12-6-7(15)14-4-2-3-5-14/h12H,2-6H2,1H3,(H2,11,13). The van der Waals surface area contributed by atoms with Crippen LogP contribution in [-0.2, 0) is 4.79 Å². The Hall–Kier alpha value is -1.50. The predicted molar refractivity (Wildman–Crippen MR) is 67.4 cm³/mol. The van der Waals surface area contributed by atoms with Gasteiger partial charge in [0, 0.05) is 13.1 Å². The summed E-state index contributed by atoms with van der Waals surface area (Å²) in [6.45, 7) is 1.99. The number of carbonyl (C=O) groups is 1. The van der Waals surface area contributed by atoms with Crippen LogP contribution in [0.5, 0.6) is 5.75 Å². The van der Waals surface area contributed by atoms with Gasteiger partial charge >= 0.3 is 0 Å². The summed E-state index contributed by atoms with van der Waals surface area (Å²) in [5.74, 6) is 0.981. The average molecular weight is 256 g/mol. The van der Waals surface area contributed by atoms with Crippen molar-refractivity contribution in [1.82, 2.24) is 9.27 Å². The first kappa shape index (κ1) is 12.0. The SMILES string of the molecule is COc1c(N)nsc1NCC(=O)N1CCCC1. The maximum Gasteiger partial charge on any atom is 0.241 e. The summed E-state index contributed by atoms with van der Waals surface area (Å²) in [7, 11) is 1.54. The third-order valence-corrected chi connectivity index (χ3v) is 3.54. The summed E-state index contributed by atoms with van der Waals surface area (Å²) < 4.78 is 9.08. The number of rotatable bonds is 4. The van der Waals surface area contributed by atoms with Crippen molar-refractivity contribution in [3.05, 3.63) is 0 Å². The smallest absolute Gasteiger partial charge is 0.241 e. The Kier molecular flexibility index (Phi) is 3.68. The molecule has 0 aliphatic carbocycles. The number of hydrogen-bond acceptors (Lipinski definition) is 6. The third-order valence-electron chi connectivity index (χ3n) is 2.74. The van der Waals surface area contributed by atoms with Crippen molar-refractivity contribution in [3.8, 4) is 5.75 Å². The summed E-state index contributed by atoms with van der Waals surface area (Å²) in [6.07, 6.45) is 2.20. The molecule has 0 atom stereocenters. The van der Waals surface area contributed by atoms with Crippen LogP contribution in [0.2, 0.25) is 0 Å². The molecular weight excluding hydrogens is 240 g/mol. The molecule has 2 rings (SSSR count). The fourth-order valence-corrected chi connectivity index (χ4v) is 2.52. The number of likely N-dealkylation sites (tertiary alicyclic amines) is 1. The molecule has 0 bridgehead atoms. The second kappa shape index (κ2) is 5.22. The van der Waals surface area contributed by atoms with Gasteiger partial charge in [-0.15, -0.1) is 0 Å². The highest BCUT2D eigenvalue weighted by Crippen LogP contribution is 2.34. The number of ether oxygens (including phenoxy) is 1. The van der Waals surface area contributed by atoms with Crippen molar-refractivity contribution < 1.29 is 9.53 Å². The van der Waals surface area contributed by atoms with Gasteiger partial charge in [-0.25, -0.2) is 0 Å². The molecule has 17 heavy (non-hydrogen) atoms. The second-order valence-electron chi connectivity index (χ2n) is 3.87. The minimum absolute atomic E-state index is 0.108. The van der Waals surface area contributed by atoms with E-state index in [0.717, 1.165) is 25.9 Å². The minimum atomic E-state index is 0.108. The van der Waals surface area contributed by atoms with Gasteiger partial charge in [-0.1, -0.05) is 0 Å². The highest BCUT2D eigenvalue weighted by atomic mass is 32.1. The molecule has 0 saturated carbocycles. The van der Waals surface area contributed by atoms with Crippen LogP contribution >= 0.6 is 11.5 Å². The number of nitrogens with two attached hydrogens (primary N) is 1. The molecule has 1 saturated heterocycles. The normalized spacial score (nSPS) is 15.0. The van der Waals surface area contributed by atoms with E-state index in [2.05, 4.69) is 9.69 Å². The molecule has 7 heteroatoms. The first-order valence-corrected chi connectivity index (χ1v) is 6.30. The number of methoxy groups -OCH3 is 1. The lowest BCUT2D eigenvalue weighted by Gasteiger charge is -2.15. The number of nitrogens with zero attached hydrogens (tertiary/aromatic N) is 2. The van der Waals surface area contributed by atoms with Gasteiger partial charge in [0.15, 0.2) is 16.6 Å². The van der Waals surface area contributed by atoms with Crippen LogP contribution in [0.25, 0.3) is 0 Å². The van der Waals surface area contributed by atoms with E-state index in [4.69, 9.17) is 10.5 Å². The maximum absolute atomic E-state index is 11.8. The zero-order valence-electron chi connectivity index (χ0n) is 9.73. The van der Waals surface area contributed by atoms with Crippen LogP contribution < -0.4 is 15.8 Å². The van der Waals surface area contributed by atoms with Crippen LogP contribution in [0.3, 0.4) is 0 Å². The molecule has 1 aromatic rings. The molecule has 6 nitrogen and oxygen atoms in total. The van der Waals surface area contributed by atoms with E-state index >= 15 is 0 Å². The van der Waals surface area contributed by atoms with Crippen molar-refractivity contribution >= 4 is 28.3 Å². The largest absolute Gasteiger partial charge is 0.490 e. The number of amides is 1. The number of anilines is 2. The Labute approximate surface area is 104 Å². The zero-order chi connectivity index (χ0) is 12.3. The Morgan fingerprint density at radius 3 is 2.94 bits per heavy atom. The van der Waals surface area contributed by atoms with Gasteiger partial charge < -0.3 is 20.7 Å². The summed E-state index contributed by atoms with van der Waals surface area (Å²) in [5.41, 5.74) is 5.62. The van der Waals surface area contributed by atoms with Crippen molar-refractivity contribution in [2.75, 3.05) is 37.8 Å². The molecule has 1 fully saturated rings. The fourth-order valence-electron chi connectivity index (χ4n) is 1.84. The third kappa shape index (κ3) is 2.60. The summed E-state index contributed by atoms with van der Waals surface area (Å²) >= 11 is 1.20. The van der Waals surface area contributed by atoms with E-state index in [1.165, 1.54) is 18.6 Å². The lowest BCUT2D eigenvalue weighted by Crippen LogP contribution is -2.32. The average Bonchev–Trinajstić information content (AvgIpc) is 2.95.